The average Bonchev–Trinajstić information content (AvgIpc) is 2.78. The van der Waals surface area contributed by atoms with E-state index >= 15 is 0 Å². The highest BCUT2D eigenvalue weighted by Crippen LogP contribution is 2.35. The first-order valence-electron chi connectivity index (χ1n) is 6.91. The Morgan fingerprint density at radius 3 is 2.73 bits per heavy atom. The van der Waals surface area contributed by atoms with Crippen molar-refractivity contribution in [3.8, 4) is 0 Å². The average molecular weight is 358 g/mol. The van der Waals surface area contributed by atoms with Crippen LogP contribution in [0.4, 0.5) is 17.1 Å². The number of rotatable bonds is 2. The SMILES string of the molecule is CC(Nc1ccc(Br)c(C)c1)=C1C(=O)Nc2ccc(N)cc21. The van der Waals surface area contributed by atoms with Crippen LogP contribution in [0.1, 0.15) is 18.1 Å². The van der Waals surface area contributed by atoms with Gasteiger partial charge in [0.15, 0.2) is 0 Å². The van der Waals surface area contributed by atoms with Crippen molar-refractivity contribution in [2.45, 2.75) is 13.8 Å². The summed E-state index contributed by atoms with van der Waals surface area (Å²) in [5, 5.41) is 6.16. The molecule has 0 bridgehead atoms. The fourth-order valence-electron chi connectivity index (χ4n) is 2.56. The number of carbonyl (C=O) groups is 1. The van der Waals surface area contributed by atoms with E-state index in [2.05, 4.69) is 26.6 Å². The number of halogens is 1. The minimum absolute atomic E-state index is 0.112. The number of nitrogens with one attached hydrogen (secondary N) is 2. The van der Waals surface area contributed by atoms with Crippen LogP contribution >= 0.6 is 15.9 Å². The van der Waals surface area contributed by atoms with Crippen molar-refractivity contribution in [3.05, 3.63) is 57.7 Å². The number of nitrogen functional groups attached to an aromatic ring is 1. The van der Waals surface area contributed by atoms with Crippen LogP contribution in [0.3, 0.4) is 0 Å². The summed E-state index contributed by atoms with van der Waals surface area (Å²) < 4.78 is 1.06. The third-order valence-electron chi connectivity index (χ3n) is 3.65. The molecule has 0 spiro atoms. The van der Waals surface area contributed by atoms with Crippen LogP contribution in [0, 0.1) is 6.92 Å². The van der Waals surface area contributed by atoms with Gasteiger partial charge in [-0.1, -0.05) is 15.9 Å². The molecule has 1 aliphatic heterocycles. The molecule has 1 amide bonds. The van der Waals surface area contributed by atoms with E-state index in [1.165, 1.54) is 0 Å². The fourth-order valence-corrected chi connectivity index (χ4v) is 2.81. The summed E-state index contributed by atoms with van der Waals surface area (Å²) in [6, 6.07) is 11.4. The van der Waals surface area contributed by atoms with Gasteiger partial charge in [0.25, 0.3) is 5.91 Å². The molecule has 5 heteroatoms. The van der Waals surface area contributed by atoms with Gasteiger partial charge in [-0.2, -0.15) is 0 Å². The molecule has 0 aliphatic carbocycles. The minimum Gasteiger partial charge on any atom is -0.399 e. The van der Waals surface area contributed by atoms with E-state index in [4.69, 9.17) is 5.73 Å². The summed E-state index contributed by atoms with van der Waals surface area (Å²) in [7, 11) is 0. The lowest BCUT2D eigenvalue weighted by atomic mass is 10.0. The van der Waals surface area contributed by atoms with Crippen LogP contribution in [0.15, 0.2) is 46.6 Å². The van der Waals surface area contributed by atoms with Crippen LogP contribution in [0.2, 0.25) is 0 Å². The summed E-state index contributed by atoms with van der Waals surface area (Å²) in [5.74, 6) is -0.112. The molecule has 0 unspecified atom stereocenters. The Morgan fingerprint density at radius 2 is 2.00 bits per heavy atom. The van der Waals surface area contributed by atoms with E-state index in [1.807, 2.05) is 44.2 Å². The standard InChI is InChI=1S/C17H16BrN3O/c1-9-7-12(4-5-14(9)18)20-10(2)16-13-8-11(19)3-6-15(13)21-17(16)22/h3-8,20H,19H2,1-2H3,(H,21,22). The number of hydrogen-bond acceptors (Lipinski definition) is 3. The van der Waals surface area contributed by atoms with Crippen LogP contribution in [-0.4, -0.2) is 5.91 Å². The summed E-state index contributed by atoms with van der Waals surface area (Å²) >= 11 is 3.48. The predicted molar refractivity (Wildman–Crippen MR) is 94.6 cm³/mol. The maximum atomic E-state index is 12.2. The van der Waals surface area contributed by atoms with Crippen LogP contribution in [0.25, 0.3) is 5.57 Å². The molecule has 0 atom stereocenters. The van der Waals surface area contributed by atoms with Crippen molar-refractivity contribution in [2.24, 2.45) is 0 Å². The molecule has 0 aromatic heterocycles. The van der Waals surface area contributed by atoms with Crippen LogP contribution in [0.5, 0.6) is 0 Å². The zero-order valence-electron chi connectivity index (χ0n) is 12.3. The molecular weight excluding hydrogens is 342 g/mol. The molecule has 22 heavy (non-hydrogen) atoms. The molecule has 1 heterocycles. The van der Waals surface area contributed by atoms with Crippen molar-refractivity contribution in [2.75, 3.05) is 16.4 Å². The molecule has 0 fully saturated rings. The normalized spacial score (nSPS) is 15.3. The van der Waals surface area contributed by atoms with E-state index in [0.717, 1.165) is 32.7 Å². The van der Waals surface area contributed by atoms with E-state index in [1.54, 1.807) is 6.07 Å². The summed E-state index contributed by atoms with van der Waals surface area (Å²) in [6.07, 6.45) is 0. The van der Waals surface area contributed by atoms with Crippen molar-refractivity contribution < 1.29 is 4.79 Å². The number of nitrogens with two attached hydrogens (primary N) is 1. The van der Waals surface area contributed by atoms with Gasteiger partial charge in [0.1, 0.15) is 0 Å². The lowest BCUT2D eigenvalue weighted by Crippen LogP contribution is -2.08. The Labute approximate surface area is 137 Å². The van der Waals surface area contributed by atoms with E-state index < -0.39 is 0 Å². The Balaban J connectivity index is 2.01. The first-order valence-corrected chi connectivity index (χ1v) is 7.70. The second-order valence-electron chi connectivity index (χ2n) is 5.35. The fraction of sp³-hybridized carbons (Fsp3) is 0.118. The molecule has 1 aliphatic rings. The van der Waals surface area contributed by atoms with Gasteiger partial charge >= 0.3 is 0 Å². The number of anilines is 3. The maximum Gasteiger partial charge on any atom is 0.258 e. The highest BCUT2D eigenvalue weighted by molar-refractivity contribution is 9.10. The van der Waals surface area contributed by atoms with Gasteiger partial charge in [-0.05, 0) is 55.8 Å². The van der Waals surface area contributed by atoms with E-state index in [9.17, 15) is 4.79 Å². The second-order valence-corrected chi connectivity index (χ2v) is 6.20. The van der Waals surface area contributed by atoms with Gasteiger partial charge in [-0.15, -0.1) is 0 Å². The third kappa shape index (κ3) is 2.60. The molecular formula is C17H16BrN3O. The van der Waals surface area contributed by atoms with Crippen molar-refractivity contribution in [1.82, 2.24) is 0 Å². The van der Waals surface area contributed by atoms with Crippen LogP contribution < -0.4 is 16.4 Å². The number of hydrogen-bond donors (Lipinski definition) is 3. The zero-order chi connectivity index (χ0) is 15.9. The Bertz CT molecular complexity index is 812. The van der Waals surface area contributed by atoms with Gasteiger partial charge in [0.2, 0.25) is 0 Å². The number of amides is 1. The quantitative estimate of drug-likeness (QED) is 0.559. The molecule has 2 aromatic rings. The van der Waals surface area contributed by atoms with Gasteiger partial charge < -0.3 is 16.4 Å². The Kier molecular flexibility index (Phi) is 3.66. The van der Waals surface area contributed by atoms with Crippen molar-refractivity contribution in [1.29, 1.82) is 0 Å². The second kappa shape index (κ2) is 5.50. The first-order chi connectivity index (χ1) is 10.5. The van der Waals surface area contributed by atoms with Crippen molar-refractivity contribution in [3.63, 3.8) is 0 Å². The lowest BCUT2D eigenvalue weighted by Gasteiger charge is -2.11. The van der Waals surface area contributed by atoms with Gasteiger partial charge in [-0.25, -0.2) is 0 Å². The number of fused-ring (bicyclic) bond motifs is 1. The predicted octanol–water partition coefficient (Wildman–Crippen LogP) is 4.13. The Morgan fingerprint density at radius 1 is 1.23 bits per heavy atom. The number of carbonyl (C=O) groups excluding carboxylic acids is 1. The Hall–Kier alpha value is -2.27. The highest BCUT2D eigenvalue weighted by Gasteiger charge is 2.26. The number of aryl methyl sites for hydroxylation is 1. The summed E-state index contributed by atoms with van der Waals surface area (Å²) in [4.78, 5) is 12.2. The lowest BCUT2D eigenvalue weighted by molar-refractivity contribution is -0.110. The molecule has 3 rings (SSSR count). The van der Waals surface area contributed by atoms with Gasteiger partial charge in [0.05, 0.1) is 5.57 Å². The van der Waals surface area contributed by atoms with Gasteiger partial charge in [-0.3, -0.25) is 4.79 Å². The molecule has 0 saturated heterocycles. The smallest absolute Gasteiger partial charge is 0.258 e. The van der Waals surface area contributed by atoms with Crippen molar-refractivity contribution >= 4 is 44.5 Å². The highest BCUT2D eigenvalue weighted by atomic mass is 79.9. The molecule has 112 valence electrons. The molecule has 4 N–H and O–H groups in total. The zero-order valence-corrected chi connectivity index (χ0v) is 13.9. The largest absolute Gasteiger partial charge is 0.399 e. The van der Waals surface area contributed by atoms with E-state index in [0.29, 0.717) is 11.3 Å². The minimum atomic E-state index is -0.112. The van der Waals surface area contributed by atoms with E-state index in [-0.39, 0.29) is 5.91 Å². The maximum absolute atomic E-state index is 12.2. The number of benzene rings is 2. The molecule has 0 radical (unpaired) electrons. The first kappa shape index (κ1) is 14.7. The summed E-state index contributed by atoms with van der Waals surface area (Å²) in [6.45, 7) is 3.92. The molecule has 0 saturated carbocycles. The molecule has 2 aromatic carbocycles. The topological polar surface area (TPSA) is 67.2 Å². The third-order valence-corrected chi connectivity index (χ3v) is 4.54. The monoisotopic (exact) mass is 357 g/mol. The van der Waals surface area contributed by atoms with Crippen LogP contribution in [-0.2, 0) is 4.79 Å². The molecule has 4 nitrogen and oxygen atoms in total. The summed E-state index contributed by atoms with van der Waals surface area (Å²) in [5.41, 5.74) is 11.6. The number of allylic oxidation sites excluding steroid dienone is 1. The van der Waals surface area contributed by atoms with Gasteiger partial charge in [0, 0.05) is 32.8 Å².